The minimum Gasteiger partial charge on any atom is -0.493 e. The van der Waals surface area contributed by atoms with Crippen LogP contribution in [0.25, 0.3) is 0 Å². The lowest BCUT2D eigenvalue weighted by Gasteiger charge is -2.12. The quantitative estimate of drug-likeness (QED) is 0.336. The summed E-state index contributed by atoms with van der Waals surface area (Å²) in [6.07, 6.45) is 1.83. The Labute approximate surface area is 162 Å². The topological polar surface area (TPSA) is 72.8 Å². The van der Waals surface area contributed by atoms with Gasteiger partial charge in [-0.05, 0) is 42.8 Å². The summed E-state index contributed by atoms with van der Waals surface area (Å²) in [7, 11) is 0. The van der Waals surface area contributed by atoms with Crippen molar-refractivity contribution < 1.29 is 24.2 Å². The number of carboxylic acid groups (broad SMARTS) is 1. The average molecular weight is 472 g/mol. The summed E-state index contributed by atoms with van der Waals surface area (Å²) in [5.41, 5.74) is 0.121. The molecular formula is C18H16Br2O5. The number of carbonyl (C=O) groups is 2. The number of ether oxygens (including phenoxy) is 2. The number of aromatic carboxylic acids is 1. The summed E-state index contributed by atoms with van der Waals surface area (Å²) in [6, 6.07) is 9.44. The first kappa shape index (κ1) is 19.5. The first-order valence-corrected chi connectivity index (χ1v) is 9.18. The molecule has 0 aromatic heterocycles. The lowest BCUT2D eigenvalue weighted by atomic mass is 10.2. The van der Waals surface area contributed by atoms with Crippen LogP contribution in [0.5, 0.6) is 11.5 Å². The van der Waals surface area contributed by atoms with Crippen LogP contribution in [0.1, 0.15) is 40.5 Å². The van der Waals surface area contributed by atoms with Crippen molar-refractivity contribution in [1.82, 2.24) is 0 Å². The predicted octanol–water partition coefficient (Wildman–Crippen LogP) is 5.31. The molecule has 0 aliphatic rings. The highest BCUT2D eigenvalue weighted by Crippen LogP contribution is 2.28. The Balaban J connectivity index is 2.29. The number of carboxylic acids is 1. The summed E-state index contributed by atoms with van der Waals surface area (Å²) in [5.74, 6) is -1.49. The zero-order valence-corrected chi connectivity index (χ0v) is 16.6. The molecular weight excluding hydrogens is 456 g/mol. The van der Waals surface area contributed by atoms with Gasteiger partial charge in [-0.2, -0.15) is 0 Å². The number of esters is 1. The lowest BCUT2D eigenvalue weighted by molar-refractivity contribution is 0.0680. The molecule has 0 radical (unpaired) electrons. The van der Waals surface area contributed by atoms with Gasteiger partial charge in [0.05, 0.1) is 6.61 Å². The molecule has 0 saturated carbocycles. The van der Waals surface area contributed by atoms with E-state index in [0.717, 1.165) is 12.8 Å². The number of hydrogen-bond acceptors (Lipinski definition) is 4. The molecule has 0 saturated heterocycles. The monoisotopic (exact) mass is 470 g/mol. The second-order valence-electron chi connectivity index (χ2n) is 5.18. The van der Waals surface area contributed by atoms with Gasteiger partial charge in [0.2, 0.25) is 0 Å². The third kappa shape index (κ3) is 5.31. The molecule has 0 atom stereocenters. The van der Waals surface area contributed by atoms with Gasteiger partial charge in [-0.3, -0.25) is 0 Å². The second-order valence-corrected chi connectivity index (χ2v) is 7.01. The predicted molar refractivity (Wildman–Crippen MR) is 101 cm³/mol. The lowest BCUT2D eigenvalue weighted by Crippen LogP contribution is -2.13. The Hall–Kier alpha value is -1.86. The van der Waals surface area contributed by atoms with Crippen molar-refractivity contribution in [2.24, 2.45) is 0 Å². The SMILES string of the molecule is CCCCOc1ccc(Br)cc1C(=O)Oc1ccc(Br)cc1C(=O)O. The average Bonchev–Trinajstić information content (AvgIpc) is 2.57. The summed E-state index contributed by atoms with van der Waals surface area (Å²) in [5, 5.41) is 9.27. The molecule has 2 rings (SSSR count). The van der Waals surface area contributed by atoms with E-state index in [0.29, 0.717) is 21.3 Å². The van der Waals surface area contributed by atoms with Crippen LogP contribution in [0.15, 0.2) is 45.3 Å². The maximum atomic E-state index is 12.6. The van der Waals surface area contributed by atoms with Crippen molar-refractivity contribution >= 4 is 43.8 Å². The van der Waals surface area contributed by atoms with Gasteiger partial charge in [0.1, 0.15) is 22.6 Å². The van der Waals surface area contributed by atoms with Crippen LogP contribution in [0.3, 0.4) is 0 Å². The maximum absolute atomic E-state index is 12.6. The van der Waals surface area contributed by atoms with Crippen molar-refractivity contribution in [3.05, 3.63) is 56.5 Å². The van der Waals surface area contributed by atoms with Crippen molar-refractivity contribution in [3.63, 3.8) is 0 Å². The molecule has 0 aliphatic carbocycles. The largest absolute Gasteiger partial charge is 0.493 e. The van der Waals surface area contributed by atoms with Crippen molar-refractivity contribution in [2.45, 2.75) is 19.8 Å². The molecule has 25 heavy (non-hydrogen) atoms. The molecule has 5 nitrogen and oxygen atoms in total. The number of halogens is 2. The fraction of sp³-hybridized carbons (Fsp3) is 0.222. The zero-order valence-electron chi connectivity index (χ0n) is 13.4. The Kier molecular flexibility index (Phi) is 7.01. The van der Waals surface area contributed by atoms with Crippen LogP contribution in [0.4, 0.5) is 0 Å². The van der Waals surface area contributed by atoms with E-state index < -0.39 is 11.9 Å². The summed E-state index contributed by atoms with van der Waals surface area (Å²) >= 11 is 6.52. The van der Waals surface area contributed by atoms with Crippen LogP contribution >= 0.6 is 31.9 Å². The van der Waals surface area contributed by atoms with Crippen molar-refractivity contribution in [2.75, 3.05) is 6.61 Å². The van der Waals surface area contributed by atoms with Crippen LogP contribution in [0.2, 0.25) is 0 Å². The molecule has 2 aromatic carbocycles. The molecule has 7 heteroatoms. The number of rotatable bonds is 7. The van der Waals surface area contributed by atoms with E-state index in [1.54, 1.807) is 24.3 Å². The van der Waals surface area contributed by atoms with E-state index in [1.807, 2.05) is 6.92 Å². The van der Waals surface area contributed by atoms with Crippen LogP contribution in [-0.4, -0.2) is 23.7 Å². The van der Waals surface area contributed by atoms with Gasteiger partial charge in [-0.1, -0.05) is 45.2 Å². The molecule has 0 heterocycles. The number of carbonyl (C=O) groups excluding carboxylic acids is 1. The van der Waals surface area contributed by atoms with Crippen LogP contribution in [-0.2, 0) is 0 Å². The smallest absolute Gasteiger partial charge is 0.347 e. The molecule has 0 spiro atoms. The Morgan fingerprint density at radius 3 is 2.20 bits per heavy atom. The Bertz CT molecular complexity index is 789. The minimum absolute atomic E-state index is 0.0276. The maximum Gasteiger partial charge on any atom is 0.347 e. The van der Waals surface area contributed by atoms with Gasteiger partial charge in [-0.15, -0.1) is 0 Å². The van der Waals surface area contributed by atoms with Crippen LogP contribution in [0, 0.1) is 0 Å². The number of hydrogen-bond donors (Lipinski definition) is 1. The van der Waals surface area contributed by atoms with Crippen molar-refractivity contribution in [1.29, 1.82) is 0 Å². The van der Waals surface area contributed by atoms with E-state index in [4.69, 9.17) is 9.47 Å². The Morgan fingerprint density at radius 2 is 1.60 bits per heavy atom. The molecule has 132 valence electrons. The molecule has 0 fully saturated rings. The van der Waals surface area contributed by atoms with E-state index in [1.165, 1.54) is 12.1 Å². The first-order valence-electron chi connectivity index (χ1n) is 7.59. The molecule has 2 aromatic rings. The number of benzene rings is 2. The summed E-state index contributed by atoms with van der Waals surface area (Å²) in [6.45, 7) is 2.53. The summed E-state index contributed by atoms with van der Waals surface area (Å²) < 4.78 is 12.2. The molecule has 0 unspecified atom stereocenters. The minimum atomic E-state index is -1.18. The molecule has 1 N–H and O–H groups in total. The Morgan fingerprint density at radius 1 is 1.00 bits per heavy atom. The highest BCUT2D eigenvalue weighted by molar-refractivity contribution is 9.10. The van der Waals surface area contributed by atoms with Gasteiger partial charge < -0.3 is 14.6 Å². The second kappa shape index (κ2) is 9.01. The molecule has 0 amide bonds. The van der Waals surface area contributed by atoms with Gasteiger partial charge in [-0.25, -0.2) is 9.59 Å². The van der Waals surface area contributed by atoms with E-state index in [2.05, 4.69) is 31.9 Å². The highest BCUT2D eigenvalue weighted by atomic mass is 79.9. The third-order valence-corrected chi connectivity index (χ3v) is 4.28. The molecule has 0 aliphatic heterocycles. The standard InChI is InChI=1S/C18H16Br2O5/c1-2-3-8-24-15-6-4-12(20)10-14(15)18(23)25-16-7-5-11(19)9-13(16)17(21)22/h4-7,9-10H,2-3,8H2,1H3,(H,21,22). The summed E-state index contributed by atoms with van der Waals surface area (Å²) in [4.78, 5) is 23.9. The van der Waals surface area contributed by atoms with Crippen molar-refractivity contribution in [3.8, 4) is 11.5 Å². The fourth-order valence-corrected chi connectivity index (χ4v) is 2.75. The zero-order chi connectivity index (χ0) is 18.4. The van der Waals surface area contributed by atoms with Crippen LogP contribution < -0.4 is 9.47 Å². The van der Waals surface area contributed by atoms with Gasteiger partial charge >= 0.3 is 11.9 Å². The van der Waals surface area contributed by atoms with Gasteiger partial charge in [0.25, 0.3) is 0 Å². The van der Waals surface area contributed by atoms with E-state index in [-0.39, 0.29) is 16.9 Å². The van der Waals surface area contributed by atoms with E-state index in [9.17, 15) is 14.7 Å². The van der Waals surface area contributed by atoms with Gasteiger partial charge in [0.15, 0.2) is 0 Å². The fourth-order valence-electron chi connectivity index (χ4n) is 2.03. The number of unbranched alkanes of at least 4 members (excludes halogenated alkanes) is 1. The third-order valence-electron chi connectivity index (χ3n) is 3.29. The van der Waals surface area contributed by atoms with E-state index >= 15 is 0 Å². The normalized spacial score (nSPS) is 10.4. The molecule has 0 bridgehead atoms. The first-order chi connectivity index (χ1) is 11.9. The van der Waals surface area contributed by atoms with Gasteiger partial charge in [0, 0.05) is 8.95 Å². The highest BCUT2D eigenvalue weighted by Gasteiger charge is 2.19.